The zero-order valence-electron chi connectivity index (χ0n) is 12.1. The summed E-state index contributed by atoms with van der Waals surface area (Å²) in [5.74, 6) is -2.59. The lowest BCUT2D eigenvalue weighted by Crippen LogP contribution is -2.27. The molecule has 0 aliphatic heterocycles. The first-order valence-corrected chi connectivity index (χ1v) is 5.96. The number of aromatic amines is 1. The Morgan fingerprint density at radius 3 is 2.35 bits per heavy atom. The van der Waals surface area contributed by atoms with Crippen molar-refractivity contribution >= 4 is 23.5 Å². The van der Waals surface area contributed by atoms with Crippen LogP contribution in [0.4, 0.5) is 5.69 Å². The van der Waals surface area contributed by atoms with Gasteiger partial charge >= 0.3 is 17.8 Å². The Hall–Kier alpha value is -2.31. The van der Waals surface area contributed by atoms with Crippen LogP contribution in [-0.2, 0) is 19.1 Å². The van der Waals surface area contributed by atoms with Gasteiger partial charge in [0.25, 0.3) is 0 Å². The van der Waals surface area contributed by atoms with Crippen LogP contribution in [0.3, 0.4) is 0 Å². The van der Waals surface area contributed by atoms with E-state index >= 15 is 0 Å². The van der Waals surface area contributed by atoms with Crippen molar-refractivity contribution < 1.29 is 23.9 Å². The second kappa shape index (κ2) is 5.77. The fourth-order valence-electron chi connectivity index (χ4n) is 1.48. The van der Waals surface area contributed by atoms with E-state index in [0.717, 1.165) is 7.11 Å². The Bertz CT molecular complexity index is 539. The first-order chi connectivity index (χ1) is 9.15. The quantitative estimate of drug-likeness (QED) is 0.631. The number of rotatable bonds is 2. The number of carbonyl (C=O) groups excluding carboxylic acids is 3. The zero-order chi connectivity index (χ0) is 15.5. The Kier molecular flexibility index (Phi) is 4.54. The van der Waals surface area contributed by atoms with E-state index < -0.39 is 23.4 Å². The number of hydrogen-bond donors (Lipinski definition) is 2. The molecule has 0 bridgehead atoms. The van der Waals surface area contributed by atoms with Gasteiger partial charge in [0.2, 0.25) is 0 Å². The van der Waals surface area contributed by atoms with Gasteiger partial charge < -0.3 is 19.8 Å². The lowest BCUT2D eigenvalue weighted by molar-refractivity contribution is -0.150. The number of amides is 1. The molecule has 0 saturated heterocycles. The van der Waals surface area contributed by atoms with Crippen molar-refractivity contribution in [2.24, 2.45) is 0 Å². The molecule has 110 valence electrons. The molecule has 7 nitrogen and oxygen atoms in total. The largest absolute Gasteiger partial charge is 0.462 e. The standard InChI is InChI=1S/C13H18N2O5/c1-7-9(11(17)20-13(2,3)4)8(6-14-7)15-10(16)12(18)19-5/h6,14H,1-5H3,(H,15,16). The number of hydrogen-bond acceptors (Lipinski definition) is 5. The summed E-state index contributed by atoms with van der Waals surface area (Å²) in [5, 5.41) is 2.30. The number of nitrogens with one attached hydrogen (secondary N) is 2. The Morgan fingerprint density at radius 1 is 1.25 bits per heavy atom. The highest BCUT2D eigenvalue weighted by atomic mass is 16.6. The van der Waals surface area contributed by atoms with Crippen LogP contribution < -0.4 is 5.32 Å². The van der Waals surface area contributed by atoms with Gasteiger partial charge in [-0.2, -0.15) is 0 Å². The minimum absolute atomic E-state index is 0.173. The molecule has 0 aromatic carbocycles. The van der Waals surface area contributed by atoms with Crippen LogP contribution in [0.5, 0.6) is 0 Å². The first kappa shape index (κ1) is 15.7. The van der Waals surface area contributed by atoms with Gasteiger partial charge in [0, 0.05) is 11.9 Å². The van der Waals surface area contributed by atoms with Gasteiger partial charge in [-0.1, -0.05) is 0 Å². The molecule has 0 atom stereocenters. The van der Waals surface area contributed by atoms with Crippen molar-refractivity contribution in [3.63, 3.8) is 0 Å². The maximum absolute atomic E-state index is 12.1. The molecule has 1 amide bonds. The number of methoxy groups -OCH3 is 1. The highest BCUT2D eigenvalue weighted by Crippen LogP contribution is 2.22. The monoisotopic (exact) mass is 282 g/mol. The molecule has 0 radical (unpaired) electrons. The molecule has 1 rings (SSSR count). The van der Waals surface area contributed by atoms with E-state index in [4.69, 9.17) is 4.74 Å². The topological polar surface area (TPSA) is 97.5 Å². The Morgan fingerprint density at radius 2 is 1.85 bits per heavy atom. The van der Waals surface area contributed by atoms with Gasteiger partial charge in [0.05, 0.1) is 12.8 Å². The number of H-pyrrole nitrogens is 1. The predicted molar refractivity (Wildman–Crippen MR) is 71.3 cm³/mol. The SMILES string of the molecule is COC(=O)C(=O)Nc1c[nH]c(C)c1C(=O)OC(C)(C)C. The summed E-state index contributed by atoms with van der Waals surface area (Å²) in [4.78, 5) is 37.4. The molecule has 0 unspecified atom stereocenters. The molecule has 7 heteroatoms. The maximum Gasteiger partial charge on any atom is 0.396 e. The predicted octanol–water partition coefficient (Wildman–Crippen LogP) is 1.39. The van der Waals surface area contributed by atoms with Crippen molar-refractivity contribution in [1.29, 1.82) is 0 Å². The summed E-state index contributed by atoms with van der Waals surface area (Å²) in [6.07, 6.45) is 1.41. The highest BCUT2D eigenvalue weighted by molar-refractivity contribution is 6.37. The van der Waals surface area contributed by atoms with E-state index in [2.05, 4.69) is 15.0 Å². The van der Waals surface area contributed by atoms with E-state index in [9.17, 15) is 14.4 Å². The number of aromatic nitrogens is 1. The third-order valence-electron chi connectivity index (χ3n) is 2.30. The molecule has 0 aliphatic rings. The third kappa shape index (κ3) is 3.84. The number of ether oxygens (including phenoxy) is 2. The lowest BCUT2D eigenvalue weighted by Gasteiger charge is -2.20. The summed E-state index contributed by atoms with van der Waals surface area (Å²) in [5.41, 5.74) is 0.216. The normalized spacial score (nSPS) is 10.8. The molecule has 0 saturated carbocycles. The fourth-order valence-corrected chi connectivity index (χ4v) is 1.48. The van der Waals surface area contributed by atoms with Crippen LogP contribution in [0.25, 0.3) is 0 Å². The molecule has 0 spiro atoms. The van der Waals surface area contributed by atoms with Gasteiger partial charge in [-0.05, 0) is 27.7 Å². The Balaban J connectivity index is 2.98. The zero-order valence-corrected chi connectivity index (χ0v) is 12.1. The fraction of sp³-hybridized carbons (Fsp3) is 0.462. The molecule has 20 heavy (non-hydrogen) atoms. The van der Waals surface area contributed by atoms with Crippen LogP contribution >= 0.6 is 0 Å². The molecule has 0 aliphatic carbocycles. The summed E-state index contributed by atoms with van der Waals surface area (Å²) in [6.45, 7) is 6.87. The lowest BCUT2D eigenvalue weighted by atomic mass is 10.1. The minimum Gasteiger partial charge on any atom is -0.462 e. The van der Waals surface area contributed by atoms with Crippen LogP contribution in [0, 0.1) is 6.92 Å². The number of carbonyl (C=O) groups is 3. The smallest absolute Gasteiger partial charge is 0.396 e. The summed E-state index contributed by atoms with van der Waals surface area (Å²) in [7, 11) is 1.10. The van der Waals surface area contributed by atoms with Crippen molar-refractivity contribution in [3.05, 3.63) is 17.5 Å². The maximum atomic E-state index is 12.1. The van der Waals surface area contributed by atoms with Gasteiger partial charge in [-0.15, -0.1) is 0 Å². The highest BCUT2D eigenvalue weighted by Gasteiger charge is 2.25. The average Bonchev–Trinajstić information content (AvgIpc) is 2.67. The van der Waals surface area contributed by atoms with Crippen LogP contribution in [-0.4, -0.2) is 35.5 Å². The van der Waals surface area contributed by atoms with Gasteiger partial charge in [0.1, 0.15) is 11.2 Å². The molecule has 0 fully saturated rings. The molecular weight excluding hydrogens is 264 g/mol. The van der Waals surface area contributed by atoms with Crippen LogP contribution in [0.2, 0.25) is 0 Å². The molecule has 2 N–H and O–H groups in total. The Labute approximate surface area is 116 Å². The van der Waals surface area contributed by atoms with E-state index in [1.165, 1.54) is 6.20 Å². The summed E-state index contributed by atoms with van der Waals surface area (Å²) < 4.78 is 9.54. The minimum atomic E-state index is -1.04. The molecule has 1 aromatic rings. The van der Waals surface area contributed by atoms with E-state index in [0.29, 0.717) is 5.69 Å². The van der Waals surface area contributed by atoms with Gasteiger partial charge in [0.15, 0.2) is 0 Å². The van der Waals surface area contributed by atoms with Crippen molar-refractivity contribution in [2.45, 2.75) is 33.3 Å². The molecular formula is C13H18N2O5. The van der Waals surface area contributed by atoms with E-state index in [1.54, 1.807) is 27.7 Å². The van der Waals surface area contributed by atoms with Gasteiger partial charge in [-0.25, -0.2) is 9.59 Å². The van der Waals surface area contributed by atoms with Gasteiger partial charge in [-0.3, -0.25) is 4.79 Å². The molecule has 1 heterocycles. The molecule has 1 aromatic heterocycles. The average molecular weight is 282 g/mol. The van der Waals surface area contributed by atoms with Crippen molar-refractivity contribution in [2.75, 3.05) is 12.4 Å². The second-order valence-electron chi connectivity index (χ2n) is 5.15. The summed E-state index contributed by atoms with van der Waals surface area (Å²) in [6, 6.07) is 0. The number of esters is 2. The van der Waals surface area contributed by atoms with E-state index in [-0.39, 0.29) is 11.3 Å². The van der Waals surface area contributed by atoms with Crippen LogP contribution in [0.15, 0.2) is 6.20 Å². The summed E-state index contributed by atoms with van der Waals surface area (Å²) >= 11 is 0. The third-order valence-corrected chi connectivity index (χ3v) is 2.30. The second-order valence-corrected chi connectivity index (χ2v) is 5.15. The number of anilines is 1. The van der Waals surface area contributed by atoms with Crippen LogP contribution in [0.1, 0.15) is 36.8 Å². The first-order valence-electron chi connectivity index (χ1n) is 5.96. The van der Waals surface area contributed by atoms with Crippen molar-refractivity contribution in [3.8, 4) is 0 Å². The van der Waals surface area contributed by atoms with Crippen molar-refractivity contribution in [1.82, 2.24) is 4.98 Å². The van der Waals surface area contributed by atoms with E-state index in [1.807, 2.05) is 0 Å². The number of aryl methyl sites for hydroxylation is 1.